The number of rotatable bonds is 2. The minimum atomic E-state index is -0.269. The summed E-state index contributed by atoms with van der Waals surface area (Å²) in [6.45, 7) is 0.656. The van der Waals surface area contributed by atoms with Gasteiger partial charge in [0, 0.05) is 6.54 Å². The second kappa shape index (κ2) is 3.72. The molecular formula is C3H7Cl2N. The fourth-order valence-corrected chi connectivity index (χ4v) is 0.463. The van der Waals surface area contributed by atoms with Crippen molar-refractivity contribution in [2.75, 3.05) is 13.6 Å². The second-order valence-electron chi connectivity index (χ2n) is 0.949. The molecule has 0 aromatic rings. The quantitative estimate of drug-likeness (QED) is 0.547. The van der Waals surface area contributed by atoms with E-state index in [4.69, 9.17) is 23.2 Å². The van der Waals surface area contributed by atoms with E-state index >= 15 is 0 Å². The molecule has 0 aromatic carbocycles. The molecule has 0 heterocycles. The third-order valence-corrected chi connectivity index (χ3v) is 0.667. The van der Waals surface area contributed by atoms with Crippen molar-refractivity contribution in [1.82, 2.24) is 5.32 Å². The molecule has 0 saturated carbocycles. The summed E-state index contributed by atoms with van der Waals surface area (Å²) in [5, 5.41) is 2.80. The van der Waals surface area contributed by atoms with E-state index in [0.717, 1.165) is 0 Å². The Morgan fingerprint density at radius 2 is 2.17 bits per heavy atom. The summed E-state index contributed by atoms with van der Waals surface area (Å²) in [5.41, 5.74) is 0. The van der Waals surface area contributed by atoms with E-state index in [1.807, 2.05) is 0 Å². The average molecular weight is 128 g/mol. The Morgan fingerprint density at radius 1 is 1.67 bits per heavy atom. The van der Waals surface area contributed by atoms with Gasteiger partial charge >= 0.3 is 0 Å². The Morgan fingerprint density at radius 3 is 2.17 bits per heavy atom. The molecule has 0 aliphatic rings. The van der Waals surface area contributed by atoms with Gasteiger partial charge in [-0.25, -0.2) is 0 Å². The van der Waals surface area contributed by atoms with Crippen molar-refractivity contribution in [1.29, 1.82) is 0 Å². The number of halogens is 2. The Hall–Kier alpha value is 0.540. The summed E-state index contributed by atoms with van der Waals surface area (Å²) in [7, 11) is 1.80. The molecule has 0 fully saturated rings. The van der Waals surface area contributed by atoms with Crippen molar-refractivity contribution in [3.05, 3.63) is 0 Å². The zero-order chi connectivity index (χ0) is 4.99. The summed E-state index contributed by atoms with van der Waals surface area (Å²) in [4.78, 5) is -0.269. The van der Waals surface area contributed by atoms with Crippen molar-refractivity contribution >= 4 is 23.2 Å². The standard InChI is InChI=1S/C3H7Cl2N/c1-6-2-3(4)5/h3,6H,2H2,1H3. The van der Waals surface area contributed by atoms with Crippen LogP contribution in [0.1, 0.15) is 0 Å². The normalized spacial score (nSPS) is 10.0. The molecule has 1 N–H and O–H groups in total. The van der Waals surface area contributed by atoms with E-state index in [1.165, 1.54) is 0 Å². The summed E-state index contributed by atoms with van der Waals surface area (Å²) >= 11 is 10.6. The minimum Gasteiger partial charge on any atom is -0.317 e. The molecule has 0 aliphatic heterocycles. The highest BCUT2D eigenvalue weighted by Gasteiger charge is 1.90. The highest BCUT2D eigenvalue weighted by Crippen LogP contribution is 1.96. The maximum Gasteiger partial charge on any atom is 0.120 e. The first-order valence-electron chi connectivity index (χ1n) is 1.70. The molecule has 0 aliphatic carbocycles. The van der Waals surface area contributed by atoms with Crippen molar-refractivity contribution in [3.8, 4) is 0 Å². The number of nitrogens with one attached hydrogen (secondary N) is 1. The van der Waals surface area contributed by atoms with Gasteiger partial charge in [0.05, 0.1) is 0 Å². The Balaban J connectivity index is 2.63. The van der Waals surface area contributed by atoms with E-state index in [1.54, 1.807) is 7.05 Å². The molecule has 0 spiro atoms. The van der Waals surface area contributed by atoms with E-state index in [0.29, 0.717) is 6.54 Å². The van der Waals surface area contributed by atoms with Gasteiger partial charge in [-0.2, -0.15) is 0 Å². The van der Waals surface area contributed by atoms with Crippen LogP contribution in [0.2, 0.25) is 0 Å². The van der Waals surface area contributed by atoms with Crippen LogP contribution in [0.25, 0.3) is 0 Å². The van der Waals surface area contributed by atoms with Crippen molar-refractivity contribution < 1.29 is 0 Å². The van der Waals surface area contributed by atoms with Crippen LogP contribution < -0.4 is 5.32 Å². The molecular weight excluding hydrogens is 121 g/mol. The lowest BCUT2D eigenvalue weighted by Gasteiger charge is -1.93. The largest absolute Gasteiger partial charge is 0.317 e. The fourth-order valence-electron chi connectivity index (χ4n) is 0.154. The maximum absolute atomic E-state index is 5.28. The molecule has 0 amide bonds. The zero-order valence-corrected chi connectivity index (χ0v) is 5.05. The third-order valence-electron chi connectivity index (χ3n) is 0.358. The average Bonchev–Trinajstić information content (AvgIpc) is 1.35. The van der Waals surface area contributed by atoms with Gasteiger partial charge in [0.15, 0.2) is 0 Å². The molecule has 0 radical (unpaired) electrons. The van der Waals surface area contributed by atoms with Crippen molar-refractivity contribution in [3.63, 3.8) is 0 Å². The fraction of sp³-hybridized carbons (Fsp3) is 1.00. The number of alkyl halides is 2. The molecule has 0 bridgehead atoms. The Labute approximate surface area is 47.6 Å². The van der Waals surface area contributed by atoms with E-state index in [-0.39, 0.29) is 4.84 Å². The lowest BCUT2D eigenvalue weighted by molar-refractivity contribution is 0.843. The van der Waals surface area contributed by atoms with Gasteiger partial charge in [-0.05, 0) is 7.05 Å². The number of hydrogen-bond acceptors (Lipinski definition) is 1. The number of hydrogen-bond donors (Lipinski definition) is 1. The van der Waals surface area contributed by atoms with E-state index in [9.17, 15) is 0 Å². The summed E-state index contributed by atoms with van der Waals surface area (Å²) in [6.07, 6.45) is 0. The lowest BCUT2D eigenvalue weighted by Crippen LogP contribution is -2.13. The predicted octanol–water partition coefficient (Wildman–Crippen LogP) is 1.01. The summed E-state index contributed by atoms with van der Waals surface area (Å²) < 4.78 is 0. The van der Waals surface area contributed by atoms with Gasteiger partial charge in [-0.15, -0.1) is 23.2 Å². The first-order valence-corrected chi connectivity index (χ1v) is 2.57. The van der Waals surface area contributed by atoms with E-state index < -0.39 is 0 Å². The van der Waals surface area contributed by atoms with Crippen LogP contribution in [-0.2, 0) is 0 Å². The van der Waals surface area contributed by atoms with Crippen LogP contribution in [0.15, 0.2) is 0 Å². The molecule has 3 heteroatoms. The molecule has 0 saturated heterocycles. The summed E-state index contributed by atoms with van der Waals surface area (Å²) in [5.74, 6) is 0. The van der Waals surface area contributed by atoms with Gasteiger partial charge in [0.2, 0.25) is 0 Å². The van der Waals surface area contributed by atoms with Gasteiger partial charge in [-0.3, -0.25) is 0 Å². The van der Waals surface area contributed by atoms with Gasteiger partial charge in [0.1, 0.15) is 4.84 Å². The highest BCUT2D eigenvalue weighted by molar-refractivity contribution is 6.44. The molecule has 0 atom stereocenters. The van der Waals surface area contributed by atoms with Crippen LogP contribution in [-0.4, -0.2) is 18.4 Å². The van der Waals surface area contributed by atoms with Crippen molar-refractivity contribution in [2.45, 2.75) is 4.84 Å². The molecule has 0 aromatic heterocycles. The van der Waals surface area contributed by atoms with Crippen LogP contribution >= 0.6 is 23.2 Å². The van der Waals surface area contributed by atoms with Crippen LogP contribution in [0, 0.1) is 0 Å². The topological polar surface area (TPSA) is 12.0 Å². The van der Waals surface area contributed by atoms with Crippen LogP contribution in [0.4, 0.5) is 0 Å². The maximum atomic E-state index is 5.28. The van der Waals surface area contributed by atoms with Gasteiger partial charge < -0.3 is 5.32 Å². The molecule has 6 heavy (non-hydrogen) atoms. The Kier molecular flexibility index (Phi) is 4.06. The van der Waals surface area contributed by atoms with Gasteiger partial charge in [0.25, 0.3) is 0 Å². The lowest BCUT2D eigenvalue weighted by atomic mass is 10.8. The smallest absolute Gasteiger partial charge is 0.120 e. The molecule has 0 rings (SSSR count). The van der Waals surface area contributed by atoms with Crippen LogP contribution in [0.3, 0.4) is 0 Å². The van der Waals surface area contributed by atoms with Gasteiger partial charge in [-0.1, -0.05) is 0 Å². The predicted molar refractivity (Wildman–Crippen MR) is 29.4 cm³/mol. The summed E-state index contributed by atoms with van der Waals surface area (Å²) in [6, 6.07) is 0. The van der Waals surface area contributed by atoms with E-state index in [2.05, 4.69) is 5.32 Å². The van der Waals surface area contributed by atoms with Crippen LogP contribution in [0.5, 0.6) is 0 Å². The first-order chi connectivity index (χ1) is 2.77. The Bertz CT molecular complexity index is 30.0. The zero-order valence-electron chi connectivity index (χ0n) is 3.54. The molecule has 38 valence electrons. The minimum absolute atomic E-state index is 0.269. The SMILES string of the molecule is CNCC(Cl)Cl. The molecule has 1 nitrogen and oxygen atoms in total. The van der Waals surface area contributed by atoms with Crippen molar-refractivity contribution in [2.24, 2.45) is 0 Å². The second-order valence-corrected chi connectivity index (χ2v) is 2.23. The third kappa shape index (κ3) is 4.54. The molecule has 0 unspecified atom stereocenters. The monoisotopic (exact) mass is 127 g/mol. The first kappa shape index (κ1) is 6.54. The highest BCUT2D eigenvalue weighted by atomic mass is 35.5.